The number of fused-ring (bicyclic) bond motifs is 2. The molecule has 2 aliphatic rings. The summed E-state index contributed by atoms with van der Waals surface area (Å²) in [4.78, 5) is 17.8. The van der Waals surface area contributed by atoms with Crippen molar-refractivity contribution in [2.24, 2.45) is 0 Å². The second-order valence-corrected chi connectivity index (χ2v) is 7.08. The van der Waals surface area contributed by atoms with Crippen LogP contribution in [0.2, 0.25) is 0 Å². The second-order valence-electron chi connectivity index (χ2n) is 7.08. The Bertz CT molecular complexity index is 767. The molecule has 0 aliphatic carbocycles. The zero-order valence-electron chi connectivity index (χ0n) is 15.0. The van der Waals surface area contributed by atoms with E-state index in [4.69, 9.17) is 9.84 Å². The Morgan fingerprint density at radius 1 is 1.00 bits per heavy atom. The van der Waals surface area contributed by atoms with Gasteiger partial charge in [-0.15, -0.1) is 0 Å². The number of β-amino-alcohol motifs (C(OH)–C–C–N with tert-alkyl or cyclic N) is 1. The van der Waals surface area contributed by atoms with Crippen LogP contribution in [0.25, 0.3) is 0 Å². The van der Waals surface area contributed by atoms with Gasteiger partial charge in [0.1, 0.15) is 16.9 Å². The van der Waals surface area contributed by atoms with Crippen LogP contribution in [0, 0.1) is 0 Å². The van der Waals surface area contributed by atoms with E-state index in [1.54, 1.807) is 0 Å². The van der Waals surface area contributed by atoms with Crippen molar-refractivity contribution in [3.63, 3.8) is 0 Å². The Hall–Kier alpha value is -2.37. The first-order valence-corrected chi connectivity index (χ1v) is 9.14. The van der Waals surface area contributed by atoms with Crippen molar-refractivity contribution >= 4 is 5.91 Å². The number of piperazine rings is 1. The highest BCUT2D eigenvalue weighted by atomic mass is 16.5. The lowest BCUT2D eigenvalue weighted by atomic mass is 9.72. The van der Waals surface area contributed by atoms with Crippen LogP contribution in [0.3, 0.4) is 0 Å². The first-order valence-electron chi connectivity index (χ1n) is 9.14. The number of aliphatic hydroxyl groups is 1. The zero-order valence-corrected chi connectivity index (χ0v) is 15.0. The van der Waals surface area contributed by atoms with Gasteiger partial charge in [0.15, 0.2) is 0 Å². The van der Waals surface area contributed by atoms with Crippen molar-refractivity contribution in [2.75, 3.05) is 39.3 Å². The molecule has 0 saturated carbocycles. The summed E-state index contributed by atoms with van der Waals surface area (Å²) in [5.41, 5.74) is 1.08. The maximum absolute atomic E-state index is 13.7. The molecule has 2 aromatic rings. The summed E-state index contributed by atoms with van der Waals surface area (Å²) in [5.74, 6) is 1.62. The molecule has 1 amide bonds. The summed E-state index contributed by atoms with van der Waals surface area (Å²) in [5, 5.41) is 9.12. The number of para-hydroxylation sites is 2. The molecular weight excluding hydrogens is 328 g/mol. The molecule has 0 aromatic heterocycles. The number of amides is 1. The molecule has 2 aliphatic heterocycles. The molecule has 2 aromatic carbocycles. The number of hydrogen-bond donors (Lipinski definition) is 1. The van der Waals surface area contributed by atoms with Gasteiger partial charge in [-0.1, -0.05) is 36.4 Å². The topological polar surface area (TPSA) is 53.0 Å². The molecule has 0 radical (unpaired) electrons. The minimum atomic E-state index is -0.759. The SMILES string of the molecule is CC1(C(=O)N2CCN(CCO)CC2)c2ccccc2Oc2ccccc21. The van der Waals surface area contributed by atoms with E-state index in [1.807, 2.05) is 60.4 Å². The molecular formula is C21H24N2O3. The number of carbonyl (C=O) groups is 1. The number of rotatable bonds is 3. The molecule has 0 bridgehead atoms. The predicted octanol–water partition coefficient (Wildman–Crippen LogP) is 2.23. The number of ether oxygens (including phenoxy) is 1. The molecule has 0 spiro atoms. The van der Waals surface area contributed by atoms with E-state index in [0.717, 1.165) is 35.7 Å². The fourth-order valence-corrected chi connectivity index (χ4v) is 4.06. The van der Waals surface area contributed by atoms with E-state index >= 15 is 0 Å². The molecule has 26 heavy (non-hydrogen) atoms. The highest BCUT2D eigenvalue weighted by Gasteiger charge is 2.46. The molecule has 4 rings (SSSR count). The van der Waals surface area contributed by atoms with Crippen LogP contribution >= 0.6 is 0 Å². The molecule has 1 fully saturated rings. The molecule has 2 heterocycles. The van der Waals surface area contributed by atoms with Crippen LogP contribution < -0.4 is 4.74 Å². The van der Waals surface area contributed by atoms with Crippen molar-refractivity contribution in [1.29, 1.82) is 0 Å². The van der Waals surface area contributed by atoms with Crippen LogP contribution in [0.1, 0.15) is 18.1 Å². The van der Waals surface area contributed by atoms with Crippen LogP contribution in [0.15, 0.2) is 48.5 Å². The van der Waals surface area contributed by atoms with Crippen LogP contribution in [-0.4, -0.2) is 60.1 Å². The van der Waals surface area contributed by atoms with Gasteiger partial charge in [-0.25, -0.2) is 0 Å². The molecule has 5 nitrogen and oxygen atoms in total. The lowest BCUT2D eigenvalue weighted by Gasteiger charge is -2.42. The van der Waals surface area contributed by atoms with Crippen molar-refractivity contribution in [1.82, 2.24) is 9.80 Å². The summed E-state index contributed by atoms with van der Waals surface area (Å²) in [7, 11) is 0. The maximum atomic E-state index is 13.7. The smallest absolute Gasteiger partial charge is 0.237 e. The fourth-order valence-electron chi connectivity index (χ4n) is 4.06. The largest absolute Gasteiger partial charge is 0.457 e. The number of carbonyl (C=O) groups excluding carboxylic acids is 1. The summed E-state index contributed by atoms with van der Waals surface area (Å²) < 4.78 is 6.05. The van der Waals surface area contributed by atoms with Gasteiger partial charge < -0.3 is 14.7 Å². The normalized spacial score (nSPS) is 18.6. The predicted molar refractivity (Wildman–Crippen MR) is 99.5 cm³/mol. The van der Waals surface area contributed by atoms with E-state index in [9.17, 15) is 4.79 Å². The zero-order chi connectivity index (χ0) is 18.1. The van der Waals surface area contributed by atoms with Gasteiger partial charge in [0.05, 0.1) is 6.61 Å². The Kier molecular flexibility index (Phi) is 4.42. The average Bonchev–Trinajstić information content (AvgIpc) is 2.68. The van der Waals surface area contributed by atoms with Gasteiger partial charge in [0.25, 0.3) is 0 Å². The number of benzene rings is 2. The van der Waals surface area contributed by atoms with E-state index < -0.39 is 5.41 Å². The number of hydrogen-bond acceptors (Lipinski definition) is 4. The van der Waals surface area contributed by atoms with Gasteiger partial charge in [0, 0.05) is 43.9 Å². The fraction of sp³-hybridized carbons (Fsp3) is 0.381. The summed E-state index contributed by atoms with van der Waals surface area (Å²) in [6.45, 7) is 5.78. The standard InChI is InChI=1S/C21H24N2O3/c1-21(20(25)23-12-10-22(11-13-23)14-15-24)16-6-2-4-8-18(16)26-19-9-5-3-7-17(19)21/h2-9,24H,10-15H2,1H3. The Morgan fingerprint density at radius 2 is 1.54 bits per heavy atom. The van der Waals surface area contributed by atoms with Crippen molar-refractivity contribution < 1.29 is 14.6 Å². The van der Waals surface area contributed by atoms with E-state index in [2.05, 4.69) is 4.90 Å². The highest BCUT2D eigenvalue weighted by molar-refractivity contribution is 5.94. The number of nitrogens with zero attached hydrogens (tertiary/aromatic N) is 2. The molecule has 136 valence electrons. The second kappa shape index (κ2) is 6.74. The maximum Gasteiger partial charge on any atom is 0.237 e. The Morgan fingerprint density at radius 3 is 2.08 bits per heavy atom. The first-order chi connectivity index (χ1) is 12.6. The van der Waals surface area contributed by atoms with Gasteiger partial charge in [0.2, 0.25) is 5.91 Å². The summed E-state index contributed by atoms with van der Waals surface area (Å²) in [6.07, 6.45) is 0. The van der Waals surface area contributed by atoms with Crippen LogP contribution in [0.4, 0.5) is 0 Å². The minimum absolute atomic E-state index is 0.115. The van der Waals surface area contributed by atoms with Crippen molar-refractivity contribution in [3.05, 3.63) is 59.7 Å². The van der Waals surface area contributed by atoms with Crippen LogP contribution in [0.5, 0.6) is 11.5 Å². The highest BCUT2D eigenvalue weighted by Crippen LogP contribution is 2.48. The molecule has 0 atom stereocenters. The monoisotopic (exact) mass is 352 g/mol. The third kappa shape index (κ3) is 2.68. The lowest BCUT2D eigenvalue weighted by molar-refractivity contribution is -0.137. The van der Waals surface area contributed by atoms with Gasteiger partial charge in [-0.2, -0.15) is 0 Å². The van der Waals surface area contributed by atoms with Gasteiger partial charge in [-0.05, 0) is 19.1 Å². The Labute approximate surface area is 153 Å². The molecule has 1 N–H and O–H groups in total. The Balaban J connectivity index is 1.70. The van der Waals surface area contributed by atoms with E-state index in [-0.39, 0.29) is 12.5 Å². The van der Waals surface area contributed by atoms with Crippen molar-refractivity contribution in [2.45, 2.75) is 12.3 Å². The van der Waals surface area contributed by atoms with Crippen LogP contribution in [-0.2, 0) is 10.2 Å². The number of aliphatic hydroxyl groups excluding tert-OH is 1. The summed E-state index contributed by atoms with van der Waals surface area (Å²) >= 11 is 0. The summed E-state index contributed by atoms with van der Waals surface area (Å²) in [6, 6.07) is 15.6. The molecule has 5 heteroatoms. The third-order valence-electron chi connectivity index (χ3n) is 5.57. The third-order valence-corrected chi connectivity index (χ3v) is 5.57. The quantitative estimate of drug-likeness (QED) is 0.920. The first kappa shape index (κ1) is 17.1. The molecule has 0 unspecified atom stereocenters. The minimum Gasteiger partial charge on any atom is -0.457 e. The van der Waals surface area contributed by atoms with E-state index in [1.165, 1.54) is 0 Å². The van der Waals surface area contributed by atoms with E-state index in [0.29, 0.717) is 19.6 Å². The van der Waals surface area contributed by atoms with Gasteiger partial charge >= 0.3 is 0 Å². The molecule has 1 saturated heterocycles. The lowest BCUT2D eigenvalue weighted by Crippen LogP contribution is -2.54. The van der Waals surface area contributed by atoms with Gasteiger partial charge in [-0.3, -0.25) is 9.69 Å². The van der Waals surface area contributed by atoms with Crippen molar-refractivity contribution in [3.8, 4) is 11.5 Å². The average molecular weight is 352 g/mol.